The minimum absolute atomic E-state index is 0.200. The van der Waals surface area contributed by atoms with Crippen LogP contribution < -0.4 is 15.8 Å². The van der Waals surface area contributed by atoms with E-state index in [0.717, 1.165) is 31.6 Å². The molecule has 0 bridgehead atoms. The Morgan fingerprint density at radius 2 is 2.44 bits per heavy atom. The number of rotatable bonds is 4. The summed E-state index contributed by atoms with van der Waals surface area (Å²) < 4.78 is 1.42. The van der Waals surface area contributed by atoms with Crippen molar-refractivity contribution in [2.24, 2.45) is 0 Å². The first-order valence-corrected chi connectivity index (χ1v) is 6.72. The van der Waals surface area contributed by atoms with E-state index in [-0.39, 0.29) is 10.6 Å². The standard InChI is InChI=1S/C12H19ClN4O/c1-3-6-17-12(18)11(13)10(8-15-17)16(2)9-4-5-14-7-9/h8-9,14H,3-7H2,1-2H3. The number of anilines is 1. The fourth-order valence-electron chi connectivity index (χ4n) is 2.24. The summed E-state index contributed by atoms with van der Waals surface area (Å²) in [6.45, 7) is 4.54. The lowest BCUT2D eigenvalue weighted by Crippen LogP contribution is -2.35. The van der Waals surface area contributed by atoms with E-state index in [2.05, 4.69) is 10.4 Å². The molecular formula is C12H19ClN4O. The van der Waals surface area contributed by atoms with Crippen LogP contribution in [0.2, 0.25) is 5.02 Å². The van der Waals surface area contributed by atoms with Crippen LogP contribution in [-0.4, -0.2) is 36.0 Å². The van der Waals surface area contributed by atoms with Crippen molar-refractivity contribution in [1.82, 2.24) is 15.1 Å². The number of hydrogen-bond acceptors (Lipinski definition) is 4. The van der Waals surface area contributed by atoms with Crippen molar-refractivity contribution >= 4 is 17.3 Å². The predicted molar refractivity (Wildman–Crippen MR) is 73.5 cm³/mol. The summed E-state index contributed by atoms with van der Waals surface area (Å²) in [5.41, 5.74) is 0.525. The van der Waals surface area contributed by atoms with Gasteiger partial charge >= 0.3 is 0 Å². The van der Waals surface area contributed by atoms with Crippen LogP contribution in [0, 0.1) is 0 Å². The third kappa shape index (κ3) is 2.52. The molecule has 1 fully saturated rings. The summed E-state index contributed by atoms with van der Waals surface area (Å²) in [6, 6.07) is 0.380. The first-order chi connectivity index (χ1) is 8.65. The Bertz CT molecular complexity index is 468. The Morgan fingerprint density at radius 3 is 3.06 bits per heavy atom. The van der Waals surface area contributed by atoms with Gasteiger partial charge in [0.15, 0.2) is 0 Å². The average Bonchev–Trinajstić information content (AvgIpc) is 2.88. The highest BCUT2D eigenvalue weighted by Crippen LogP contribution is 2.23. The van der Waals surface area contributed by atoms with Crippen molar-refractivity contribution < 1.29 is 0 Å². The van der Waals surface area contributed by atoms with Gasteiger partial charge in [0.05, 0.1) is 11.9 Å². The van der Waals surface area contributed by atoms with E-state index < -0.39 is 0 Å². The number of aromatic nitrogens is 2. The lowest BCUT2D eigenvalue weighted by atomic mass is 10.2. The van der Waals surface area contributed by atoms with Crippen molar-refractivity contribution in [2.75, 3.05) is 25.0 Å². The molecule has 1 aliphatic heterocycles. The zero-order valence-corrected chi connectivity index (χ0v) is 11.6. The van der Waals surface area contributed by atoms with E-state index in [4.69, 9.17) is 11.6 Å². The van der Waals surface area contributed by atoms with Crippen molar-refractivity contribution in [3.05, 3.63) is 21.6 Å². The van der Waals surface area contributed by atoms with Gasteiger partial charge in [-0.2, -0.15) is 5.10 Å². The van der Waals surface area contributed by atoms with E-state index in [1.54, 1.807) is 6.20 Å². The molecule has 0 amide bonds. The van der Waals surface area contributed by atoms with Gasteiger partial charge < -0.3 is 10.2 Å². The van der Waals surface area contributed by atoms with E-state index in [1.807, 2.05) is 18.9 Å². The number of aryl methyl sites for hydroxylation is 1. The lowest BCUT2D eigenvalue weighted by molar-refractivity contribution is 0.565. The third-order valence-corrected chi connectivity index (χ3v) is 3.72. The highest BCUT2D eigenvalue weighted by Gasteiger charge is 2.22. The molecular weight excluding hydrogens is 252 g/mol. The molecule has 0 saturated carbocycles. The van der Waals surface area contributed by atoms with E-state index in [9.17, 15) is 4.79 Å². The molecule has 1 N–H and O–H groups in total. The smallest absolute Gasteiger partial charge is 0.287 e. The zero-order chi connectivity index (χ0) is 13.1. The fourth-order valence-corrected chi connectivity index (χ4v) is 2.52. The van der Waals surface area contributed by atoms with Gasteiger partial charge in [0.2, 0.25) is 0 Å². The molecule has 100 valence electrons. The second-order valence-electron chi connectivity index (χ2n) is 4.63. The second kappa shape index (κ2) is 5.71. The minimum atomic E-state index is -0.200. The molecule has 1 unspecified atom stereocenters. The topological polar surface area (TPSA) is 50.2 Å². The maximum absolute atomic E-state index is 12.0. The van der Waals surface area contributed by atoms with Gasteiger partial charge in [-0.25, -0.2) is 4.68 Å². The van der Waals surface area contributed by atoms with Crippen LogP contribution in [0.1, 0.15) is 19.8 Å². The molecule has 0 aliphatic carbocycles. The average molecular weight is 271 g/mol. The van der Waals surface area contributed by atoms with Crippen LogP contribution in [0.15, 0.2) is 11.0 Å². The number of halogens is 1. The number of hydrogen-bond donors (Lipinski definition) is 1. The van der Waals surface area contributed by atoms with Gasteiger partial charge in [0.1, 0.15) is 5.02 Å². The second-order valence-corrected chi connectivity index (χ2v) is 5.01. The number of likely N-dealkylation sites (N-methyl/N-ethyl adjacent to an activating group) is 1. The largest absolute Gasteiger partial charge is 0.368 e. The molecule has 2 rings (SSSR count). The third-order valence-electron chi connectivity index (χ3n) is 3.36. The Balaban J connectivity index is 2.28. The predicted octanol–water partition coefficient (Wildman–Crippen LogP) is 1.10. The monoisotopic (exact) mass is 270 g/mol. The normalized spacial score (nSPS) is 19.2. The lowest BCUT2D eigenvalue weighted by Gasteiger charge is -2.26. The molecule has 1 aromatic heterocycles. The van der Waals surface area contributed by atoms with Crippen LogP contribution in [0.3, 0.4) is 0 Å². The summed E-state index contributed by atoms with van der Waals surface area (Å²) in [5, 5.41) is 7.75. The van der Waals surface area contributed by atoms with Gasteiger partial charge in [-0.3, -0.25) is 4.79 Å². The maximum Gasteiger partial charge on any atom is 0.287 e. The van der Waals surface area contributed by atoms with Crippen molar-refractivity contribution in [2.45, 2.75) is 32.4 Å². The highest BCUT2D eigenvalue weighted by atomic mass is 35.5. The molecule has 1 saturated heterocycles. The van der Waals surface area contributed by atoms with Crippen LogP contribution in [-0.2, 0) is 6.54 Å². The quantitative estimate of drug-likeness (QED) is 0.890. The zero-order valence-electron chi connectivity index (χ0n) is 10.8. The Kier molecular flexibility index (Phi) is 4.24. The van der Waals surface area contributed by atoms with Crippen molar-refractivity contribution in [1.29, 1.82) is 0 Å². The van der Waals surface area contributed by atoms with Crippen molar-refractivity contribution in [3.8, 4) is 0 Å². The number of nitrogens with one attached hydrogen (secondary N) is 1. The van der Waals surface area contributed by atoms with Crippen LogP contribution in [0.4, 0.5) is 5.69 Å². The molecule has 0 spiro atoms. The van der Waals surface area contributed by atoms with E-state index >= 15 is 0 Å². The summed E-state index contributed by atoms with van der Waals surface area (Å²) >= 11 is 6.17. The maximum atomic E-state index is 12.0. The molecule has 18 heavy (non-hydrogen) atoms. The molecule has 1 aromatic rings. The van der Waals surface area contributed by atoms with E-state index in [0.29, 0.717) is 12.6 Å². The highest BCUT2D eigenvalue weighted by molar-refractivity contribution is 6.33. The van der Waals surface area contributed by atoms with Gasteiger partial charge in [0, 0.05) is 26.2 Å². The first-order valence-electron chi connectivity index (χ1n) is 6.34. The van der Waals surface area contributed by atoms with E-state index in [1.165, 1.54) is 4.68 Å². The summed E-state index contributed by atoms with van der Waals surface area (Å²) in [6.07, 6.45) is 3.62. The van der Waals surface area contributed by atoms with Crippen LogP contribution >= 0.6 is 11.6 Å². The van der Waals surface area contributed by atoms with Gasteiger partial charge in [-0.05, 0) is 19.4 Å². The molecule has 0 radical (unpaired) electrons. The van der Waals surface area contributed by atoms with Gasteiger partial charge in [-0.15, -0.1) is 0 Å². The molecule has 1 atom stereocenters. The van der Waals surface area contributed by atoms with Gasteiger partial charge in [-0.1, -0.05) is 18.5 Å². The Morgan fingerprint density at radius 1 is 1.67 bits per heavy atom. The van der Waals surface area contributed by atoms with Crippen LogP contribution in [0.25, 0.3) is 0 Å². The minimum Gasteiger partial charge on any atom is -0.368 e. The summed E-state index contributed by atoms with van der Waals surface area (Å²) in [7, 11) is 1.96. The first kappa shape index (κ1) is 13.4. The molecule has 0 aromatic carbocycles. The van der Waals surface area contributed by atoms with Gasteiger partial charge in [0.25, 0.3) is 5.56 Å². The SMILES string of the molecule is CCCn1ncc(N(C)C2CCNC2)c(Cl)c1=O. The van der Waals surface area contributed by atoms with Crippen molar-refractivity contribution in [3.63, 3.8) is 0 Å². The molecule has 1 aliphatic rings. The molecule has 5 nitrogen and oxygen atoms in total. The fraction of sp³-hybridized carbons (Fsp3) is 0.667. The Labute approximate surface area is 112 Å². The summed E-state index contributed by atoms with van der Waals surface area (Å²) in [4.78, 5) is 14.1. The Hall–Kier alpha value is -1.07. The van der Waals surface area contributed by atoms with Crippen LogP contribution in [0.5, 0.6) is 0 Å². The molecule has 6 heteroatoms. The molecule has 2 heterocycles. The number of nitrogens with zero attached hydrogens (tertiary/aromatic N) is 3. The summed E-state index contributed by atoms with van der Waals surface area (Å²) in [5.74, 6) is 0.